The van der Waals surface area contributed by atoms with Gasteiger partial charge in [0, 0.05) is 11.4 Å². The number of amides is 1. The molecule has 0 aromatic heterocycles. The van der Waals surface area contributed by atoms with Crippen LogP contribution < -0.4 is 25.4 Å². The van der Waals surface area contributed by atoms with Crippen molar-refractivity contribution in [2.24, 2.45) is 0 Å². The number of anilines is 1. The second kappa shape index (κ2) is 10.9. The smallest absolute Gasteiger partial charge is 0.255 e. The first-order valence-electron chi connectivity index (χ1n) is 11.1. The first-order chi connectivity index (χ1) is 16.5. The number of thiocarbonyl (C=S) groups is 1. The number of hydrogen-bond donors (Lipinski definition) is 3. The molecule has 3 N–H and O–H groups in total. The van der Waals surface area contributed by atoms with Crippen molar-refractivity contribution >= 4 is 28.9 Å². The molecule has 0 radical (unpaired) electrons. The van der Waals surface area contributed by atoms with E-state index in [1.807, 2.05) is 92.7 Å². The molecule has 0 aliphatic carbocycles. The molecule has 1 atom stereocenters. The van der Waals surface area contributed by atoms with Crippen molar-refractivity contribution in [2.75, 3.05) is 11.9 Å². The highest BCUT2D eigenvalue weighted by Gasteiger charge is 2.30. The molecule has 1 heterocycles. The summed E-state index contributed by atoms with van der Waals surface area (Å²) in [5, 5.41) is 9.73. The van der Waals surface area contributed by atoms with Crippen LogP contribution in [0.25, 0.3) is 0 Å². The van der Waals surface area contributed by atoms with Gasteiger partial charge in [-0.05, 0) is 61.5 Å². The third-order valence-electron chi connectivity index (χ3n) is 5.38. The standard InChI is InChI=1S/C27H27N3O3S/c1-3-32-23-16-20(14-15-22(23)33-17-19-10-6-4-7-11-19)25-24(18(2)28-27(34)30-25)26(31)29-21-12-8-5-9-13-21/h4-16,25H,3,17H2,1-2H3,(H,29,31)(H2,28,30,34). The molecule has 1 amide bonds. The van der Waals surface area contributed by atoms with E-state index in [-0.39, 0.29) is 5.91 Å². The van der Waals surface area contributed by atoms with Crippen LogP contribution in [0.5, 0.6) is 11.5 Å². The predicted octanol–water partition coefficient (Wildman–Crippen LogP) is 5.10. The quantitative estimate of drug-likeness (QED) is 0.396. The van der Waals surface area contributed by atoms with E-state index >= 15 is 0 Å². The van der Waals surface area contributed by atoms with Crippen molar-refractivity contribution in [2.45, 2.75) is 26.5 Å². The van der Waals surface area contributed by atoms with Crippen LogP contribution in [0.15, 0.2) is 90.1 Å². The van der Waals surface area contributed by atoms with E-state index in [0.29, 0.717) is 41.1 Å². The number of carbonyl (C=O) groups is 1. The van der Waals surface area contributed by atoms with Crippen LogP contribution in [0, 0.1) is 0 Å². The maximum absolute atomic E-state index is 13.3. The highest BCUT2D eigenvalue weighted by atomic mass is 32.1. The normalized spacial score (nSPS) is 15.2. The summed E-state index contributed by atoms with van der Waals surface area (Å²) in [6.45, 7) is 4.69. The number of benzene rings is 3. The number of carbonyl (C=O) groups excluding carboxylic acids is 1. The van der Waals surface area contributed by atoms with Gasteiger partial charge in [0.05, 0.1) is 18.2 Å². The molecule has 0 spiro atoms. The van der Waals surface area contributed by atoms with Crippen molar-refractivity contribution in [3.8, 4) is 11.5 Å². The van der Waals surface area contributed by atoms with Crippen LogP contribution in [0.1, 0.15) is 31.0 Å². The van der Waals surface area contributed by atoms with Gasteiger partial charge >= 0.3 is 0 Å². The summed E-state index contributed by atoms with van der Waals surface area (Å²) >= 11 is 5.39. The highest BCUT2D eigenvalue weighted by molar-refractivity contribution is 7.80. The number of para-hydroxylation sites is 1. The number of rotatable bonds is 8. The molecule has 7 heteroatoms. The molecular weight excluding hydrogens is 446 g/mol. The summed E-state index contributed by atoms with van der Waals surface area (Å²) < 4.78 is 11.9. The molecule has 3 aromatic carbocycles. The van der Waals surface area contributed by atoms with Crippen LogP contribution >= 0.6 is 12.2 Å². The number of nitrogens with one attached hydrogen (secondary N) is 3. The third-order valence-corrected chi connectivity index (χ3v) is 5.60. The second-order valence-corrected chi connectivity index (χ2v) is 8.21. The molecule has 0 saturated heterocycles. The molecular formula is C27H27N3O3S. The van der Waals surface area contributed by atoms with Crippen LogP contribution in [-0.4, -0.2) is 17.6 Å². The maximum Gasteiger partial charge on any atom is 0.255 e. The van der Waals surface area contributed by atoms with Gasteiger partial charge in [-0.3, -0.25) is 4.79 Å². The fourth-order valence-corrected chi connectivity index (χ4v) is 4.06. The predicted molar refractivity (Wildman–Crippen MR) is 138 cm³/mol. The van der Waals surface area contributed by atoms with Crippen molar-refractivity contribution in [3.05, 3.63) is 101 Å². The van der Waals surface area contributed by atoms with E-state index in [1.165, 1.54) is 0 Å². The molecule has 3 aromatic rings. The Bertz CT molecular complexity index is 1200. The molecule has 0 bridgehead atoms. The summed E-state index contributed by atoms with van der Waals surface area (Å²) in [6.07, 6.45) is 0. The van der Waals surface area contributed by atoms with Gasteiger partial charge in [0.15, 0.2) is 16.6 Å². The van der Waals surface area contributed by atoms with Gasteiger partial charge in [0.2, 0.25) is 0 Å². The zero-order valence-corrected chi connectivity index (χ0v) is 19.9. The van der Waals surface area contributed by atoms with Gasteiger partial charge < -0.3 is 25.4 Å². The second-order valence-electron chi connectivity index (χ2n) is 7.80. The summed E-state index contributed by atoms with van der Waals surface area (Å²) in [6, 6.07) is 24.6. The van der Waals surface area contributed by atoms with E-state index in [4.69, 9.17) is 21.7 Å². The largest absolute Gasteiger partial charge is 0.490 e. The van der Waals surface area contributed by atoms with Gasteiger partial charge in [0.1, 0.15) is 6.61 Å². The summed E-state index contributed by atoms with van der Waals surface area (Å²) in [5.74, 6) is 1.04. The Labute approximate surface area is 205 Å². The minimum Gasteiger partial charge on any atom is -0.490 e. The number of hydrogen-bond acceptors (Lipinski definition) is 4. The van der Waals surface area contributed by atoms with Crippen molar-refractivity contribution in [1.82, 2.24) is 10.6 Å². The van der Waals surface area contributed by atoms with Crippen LogP contribution in [-0.2, 0) is 11.4 Å². The number of allylic oxidation sites excluding steroid dienone is 1. The van der Waals surface area contributed by atoms with Gasteiger partial charge in [-0.25, -0.2) is 0 Å². The lowest BCUT2D eigenvalue weighted by Crippen LogP contribution is -2.45. The van der Waals surface area contributed by atoms with Crippen molar-refractivity contribution in [1.29, 1.82) is 0 Å². The van der Waals surface area contributed by atoms with Crippen molar-refractivity contribution in [3.63, 3.8) is 0 Å². The lowest BCUT2D eigenvalue weighted by molar-refractivity contribution is -0.113. The lowest BCUT2D eigenvalue weighted by atomic mass is 9.94. The Morgan fingerprint density at radius 3 is 2.38 bits per heavy atom. The zero-order valence-electron chi connectivity index (χ0n) is 19.1. The summed E-state index contributed by atoms with van der Waals surface area (Å²) in [5.41, 5.74) is 3.89. The summed E-state index contributed by atoms with van der Waals surface area (Å²) in [7, 11) is 0. The van der Waals surface area contributed by atoms with Gasteiger partial charge in [0.25, 0.3) is 5.91 Å². The molecule has 1 aliphatic heterocycles. The Morgan fingerprint density at radius 1 is 0.971 bits per heavy atom. The Hall–Kier alpha value is -3.84. The molecule has 1 aliphatic rings. The van der Waals surface area contributed by atoms with Gasteiger partial charge in [-0.1, -0.05) is 54.6 Å². The molecule has 1 unspecified atom stereocenters. The van der Waals surface area contributed by atoms with E-state index in [1.54, 1.807) is 0 Å². The zero-order chi connectivity index (χ0) is 23.9. The third kappa shape index (κ3) is 5.55. The molecule has 4 rings (SSSR count). The molecule has 6 nitrogen and oxygen atoms in total. The van der Waals surface area contributed by atoms with Crippen LogP contribution in [0.2, 0.25) is 0 Å². The first-order valence-corrected chi connectivity index (χ1v) is 11.5. The summed E-state index contributed by atoms with van der Waals surface area (Å²) in [4.78, 5) is 13.3. The molecule has 174 valence electrons. The fraction of sp³-hybridized carbons (Fsp3) is 0.185. The molecule has 34 heavy (non-hydrogen) atoms. The van der Waals surface area contributed by atoms with E-state index in [0.717, 1.165) is 16.8 Å². The van der Waals surface area contributed by atoms with E-state index in [9.17, 15) is 4.79 Å². The average Bonchev–Trinajstić information content (AvgIpc) is 2.84. The van der Waals surface area contributed by atoms with Crippen LogP contribution in [0.3, 0.4) is 0 Å². The first kappa shape index (κ1) is 23.3. The minimum atomic E-state index is -0.445. The van der Waals surface area contributed by atoms with Gasteiger partial charge in [-0.2, -0.15) is 0 Å². The minimum absolute atomic E-state index is 0.210. The Morgan fingerprint density at radius 2 is 1.68 bits per heavy atom. The fourth-order valence-electron chi connectivity index (χ4n) is 3.79. The van der Waals surface area contributed by atoms with Gasteiger partial charge in [-0.15, -0.1) is 0 Å². The van der Waals surface area contributed by atoms with Crippen molar-refractivity contribution < 1.29 is 14.3 Å². The molecule has 0 saturated carbocycles. The maximum atomic E-state index is 13.3. The Balaban J connectivity index is 1.62. The lowest BCUT2D eigenvalue weighted by Gasteiger charge is -2.30. The molecule has 0 fully saturated rings. The number of ether oxygens (including phenoxy) is 2. The Kier molecular flexibility index (Phi) is 7.44. The highest BCUT2D eigenvalue weighted by Crippen LogP contribution is 2.35. The van der Waals surface area contributed by atoms with E-state index < -0.39 is 6.04 Å². The average molecular weight is 474 g/mol. The topological polar surface area (TPSA) is 71.6 Å². The van der Waals surface area contributed by atoms with Crippen LogP contribution in [0.4, 0.5) is 5.69 Å². The monoisotopic (exact) mass is 473 g/mol. The van der Waals surface area contributed by atoms with E-state index in [2.05, 4.69) is 16.0 Å². The SMILES string of the molecule is CCOc1cc(C2NC(=S)NC(C)=C2C(=O)Nc2ccccc2)ccc1OCc1ccccc1.